The van der Waals surface area contributed by atoms with Crippen LogP contribution in [0, 0.1) is 18.3 Å². The summed E-state index contributed by atoms with van der Waals surface area (Å²) in [6.45, 7) is 6.74. The Bertz CT molecular complexity index is 2290. The SMILES string of the molecule is Cc1nn(-c2cc(S(=O)(=O)O)ccc2S(=O)(=O)O)c(N=Nc2c(C(C)(C)C)[nH]n3c2nc2ccc(C(F)(F)F)cc23)c1C#N. The van der Waals surface area contributed by atoms with Crippen molar-refractivity contribution in [2.24, 2.45) is 10.2 Å². The third kappa shape index (κ3) is 5.32. The monoisotopic (exact) mass is 650 g/mol. The Labute approximate surface area is 246 Å². The number of nitrogens with one attached hydrogen (secondary N) is 1. The Morgan fingerprint density at radius 2 is 1.68 bits per heavy atom. The number of rotatable bonds is 5. The molecule has 230 valence electrons. The summed E-state index contributed by atoms with van der Waals surface area (Å²) in [7, 11) is -9.86. The molecule has 2 aromatic carbocycles. The van der Waals surface area contributed by atoms with Crippen LogP contribution < -0.4 is 0 Å². The fourth-order valence-corrected chi connectivity index (χ4v) is 5.61. The van der Waals surface area contributed by atoms with Gasteiger partial charge in [-0.25, -0.2) is 14.2 Å². The fraction of sp³-hybridized carbons (Fsp3) is 0.240. The van der Waals surface area contributed by atoms with Gasteiger partial charge in [0.05, 0.1) is 38.6 Å². The van der Waals surface area contributed by atoms with Gasteiger partial charge in [0.25, 0.3) is 20.2 Å². The number of azo groups is 1. The third-order valence-corrected chi connectivity index (χ3v) is 8.28. The molecule has 3 heterocycles. The number of hydrogen-bond donors (Lipinski definition) is 3. The van der Waals surface area contributed by atoms with Crippen molar-refractivity contribution >= 4 is 48.4 Å². The molecule has 0 aliphatic heterocycles. The van der Waals surface area contributed by atoms with E-state index in [0.29, 0.717) is 11.8 Å². The first-order valence-corrected chi connectivity index (χ1v) is 15.2. The predicted molar refractivity (Wildman–Crippen MR) is 148 cm³/mol. The summed E-state index contributed by atoms with van der Waals surface area (Å²) in [5, 5.41) is 25.4. The van der Waals surface area contributed by atoms with Crippen LogP contribution in [-0.2, 0) is 31.8 Å². The van der Waals surface area contributed by atoms with E-state index >= 15 is 0 Å². The minimum atomic E-state index is -5.00. The zero-order valence-electron chi connectivity index (χ0n) is 23.1. The number of aryl methyl sites for hydroxylation is 1. The van der Waals surface area contributed by atoms with E-state index in [1.807, 2.05) is 6.07 Å². The topological polar surface area (TPSA) is 208 Å². The van der Waals surface area contributed by atoms with Gasteiger partial charge in [0.15, 0.2) is 17.2 Å². The van der Waals surface area contributed by atoms with E-state index in [-0.39, 0.29) is 33.6 Å². The lowest BCUT2D eigenvalue weighted by atomic mass is 9.91. The second-order valence-corrected chi connectivity index (χ2v) is 13.5. The van der Waals surface area contributed by atoms with E-state index in [1.54, 1.807) is 20.8 Å². The van der Waals surface area contributed by atoms with Crippen molar-refractivity contribution in [3.05, 3.63) is 58.9 Å². The molecule has 0 saturated carbocycles. The molecule has 0 bridgehead atoms. The molecule has 5 rings (SSSR count). The largest absolute Gasteiger partial charge is 0.416 e. The van der Waals surface area contributed by atoms with Crippen LogP contribution in [0.25, 0.3) is 22.4 Å². The van der Waals surface area contributed by atoms with Gasteiger partial charge in [-0.2, -0.15) is 40.4 Å². The van der Waals surface area contributed by atoms with Crippen molar-refractivity contribution < 1.29 is 39.1 Å². The lowest BCUT2D eigenvalue weighted by Gasteiger charge is -2.16. The Morgan fingerprint density at radius 1 is 1.00 bits per heavy atom. The average molecular weight is 651 g/mol. The van der Waals surface area contributed by atoms with Crippen LogP contribution in [0.1, 0.15) is 43.3 Å². The number of aromatic amines is 1. The molecule has 0 saturated heterocycles. The van der Waals surface area contributed by atoms with Crippen LogP contribution in [0.15, 0.2) is 56.4 Å². The number of nitrogens with zero attached hydrogens (tertiary/aromatic N) is 7. The molecule has 44 heavy (non-hydrogen) atoms. The molecule has 3 aromatic heterocycles. The molecule has 19 heteroatoms. The molecule has 3 N–H and O–H groups in total. The molecule has 0 fully saturated rings. The van der Waals surface area contributed by atoms with Crippen molar-refractivity contribution in [1.82, 2.24) is 24.4 Å². The van der Waals surface area contributed by atoms with Crippen LogP contribution in [0.2, 0.25) is 0 Å². The second-order valence-electron chi connectivity index (χ2n) is 10.6. The fourth-order valence-electron chi connectivity index (χ4n) is 4.46. The van der Waals surface area contributed by atoms with Crippen LogP contribution >= 0.6 is 0 Å². The molecule has 14 nitrogen and oxygen atoms in total. The van der Waals surface area contributed by atoms with Crippen LogP contribution in [-0.4, -0.2) is 50.3 Å². The minimum absolute atomic E-state index is 0.0153. The van der Waals surface area contributed by atoms with Crippen molar-refractivity contribution in [3.63, 3.8) is 0 Å². The van der Waals surface area contributed by atoms with Crippen LogP contribution in [0.3, 0.4) is 0 Å². The minimum Gasteiger partial charge on any atom is -0.293 e. The number of benzene rings is 2. The van der Waals surface area contributed by atoms with Gasteiger partial charge in [-0.1, -0.05) is 20.8 Å². The van der Waals surface area contributed by atoms with Gasteiger partial charge >= 0.3 is 6.18 Å². The lowest BCUT2D eigenvalue weighted by Crippen LogP contribution is -2.12. The highest BCUT2D eigenvalue weighted by atomic mass is 32.2. The van der Waals surface area contributed by atoms with Crippen LogP contribution in [0.4, 0.5) is 24.7 Å². The Balaban J connectivity index is 1.79. The number of imidazole rings is 1. The highest BCUT2D eigenvalue weighted by Crippen LogP contribution is 2.39. The van der Waals surface area contributed by atoms with Gasteiger partial charge in [0.2, 0.25) is 0 Å². The van der Waals surface area contributed by atoms with Crippen molar-refractivity contribution in [3.8, 4) is 11.8 Å². The number of H-pyrrole nitrogens is 1. The van der Waals surface area contributed by atoms with Crippen molar-refractivity contribution in [2.75, 3.05) is 0 Å². The molecule has 0 unspecified atom stereocenters. The molecule has 0 atom stereocenters. The molecule has 0 spiro atoms. The number of aromatic nitrogens is 5. The molecular formula is C25H21F3N8O6S2. The van der Waals surface area contributed by atoms with Gasteiger partial charge in [-0.15, -0.1) is 10.2 Å². The van der Waals surface area contributed by atoms with Gasteiger partial charge in [0.1, 0.15) is 16.5 Å². The Hall–Kier alpha value is -4.64. The summed E-state index contributed by atoms with van der Waals surface area (Å²) in [6.07, 6.45) is -4.61. The zero-order chi connectivity index (χ0) is 32.6. The molecule has 0 amide bonds. The molecule has 0 aliphatic carbocycles. The number of halogens is 3. The van der Waals surface area contributed by atoms with Gasteiger partial charge < -0.3 is 0 Å². The number of alkyl halides is 3. The summed E-state index contributed by atoms with van der Waals surface area (Å²) < 4.78 is 110. The smallest absolute Gasteiger partial charge is 0.293 e. The van der Waals surface area contributed by atoms with E-state index in [1.165, 1.54) is 17.5 Å². The summed E-state index contributed by atoms with van der Waals surface area (Å²) in [5.41, 5.74) is -1.53. The first-order valence-electron chi connectivity index (χ1n) is 12.3. The Morgan fingerprint density at radius 3 is 2.25 bits per heavy atom. The first kappa shape index (κ1) is 30.8. The summed E-state index contributed by atoms with van der Waals surface area (Å²) >= 11 is 0. The highest BCUT2D eigenvalue weighted by molar-refractivity contribution is 7.86. The lowest BCUT2D eigenvalue weighted by molar-refractivity contribution is -0.137. The maximum Gasteiger partial charge on any atom is 0.416 e. The highest BCUT2D eigenvalue weighted by Gasteiger charge is 2.32. The summed E-state index contributed by atoms with van der Waals surface area (Å²) in [6, 6.07) is 7.03. The molecule has 5 aromatic rings. The number of hydrogen-bond acceptors (Lipinski definition) is 9. The summed E-state index contributed by atoms with van der Waals surface area (Å²) in [4.78, 5) is 2.84. The molecular weight excluding hydrogens is 629 g/mol. The van der Waals surface area contributed by atoms with Gasteiger partial charge in [-0.05, 0) is 43.3 Å². The second kappa shape index (κ2) is 9.95. The van der Waals surface area contributed by atoms with E-state index in [0.717, 1.165) is 28.9 Å². The quantitative estimate of drug-likeness (QED) is 0.164. The third-order valence-electron chi connectivity index (χ3n) is 6.53. The van der Waals surface area contributed by atoms with Crippen LogP contribution in [0.5, 0.6) is 0 Å². The van der Waals surface area contributed by atoms with Crippen molar-refractivity contribution in [2.45, 2.75) is 49.1 Å². The van der Waals surface area contributed by atoms with E-state index < -0.39 is 58.7 Å². The molecule has 0 radical (unpaired) electrons. The zero-order valence-corrected chi connectivity index (χ0v) is 24.7. The number of nitriles is 1. The van der Waals surface area contributed by atoms with Crippen molar-refractivity contribution in [1.29, 1.82) is 5.26 Å². The van der Waals surface area contributed by atoms with E-state index in [4.69, 9.17) is 0 Å². The summed E-state index contributed by atoms with van der Waals surface area (Å²) in [5.74, 6) is -0.392. The first-order chi connectivity index (χ1) is 20.2. The normalized spacial score (nSPS) is 13.4. The van der Waals surface area contributed by atoms with E-state index in [9.17, 15) is 44.4 Å². The predicted octanol–water partition coefficient (Wildman–Crippen LogP) is 5.41. The molecule has 0 aliphatic rings. The standard InChI is InChI=1S/C25H21F3N8O6S2/c1-12-15(11-29)22(36(33-12)18-10-14(43(37,38)39)6-8-19(18)44(40,41)42)32-31-20-21(24(2,3)4)34-35-17-9-13(25(26,27)28)5-7-16(17)30-23(20)35/h5-10,34H,1-4H3,(H,37,38,39)(H,40,41,42). The Kier molecular flexibility index (Phi) is 6.97. The van der Waals surface area contributed by atoms with Gasteiger partial charge in [-0.3, -0.25) is 14.2 Å². The maximum absolute atomic E-state index is 13.4. The number of fused-ring (bicyclic) bond motifs is 3. The van der Waals surface area contributed by atoms with E-state index in [2.05, 4.69) is 25.4 Å². The average Bonchev–Trinajstić information content (AvgIpc) is 3.54. The van der Waals surface area contributed by atoms with Gasteiger partial charge in [0, 0.05) is 5.41 Å². The maximum atomic E-state index is 13.4.